The van der Waals surface area contributed by atoms with Crippen molar-refractivity contribution in [2.24, 2.45) is 0 Å². The Morgan fingerprint density at radius 2 is 1.54 bits per heavy atom. The normalized spacial score (nSPS) is 10.7. The van der Waals surface area contributed by atoms with Crippen LogP contribution >= 0.6 is 11.6 Å². The van der Waals surface area contributed by atoms with Gasteiger partial charge in [-0.1, -0.05) is 72.3 Å². The van der Waals surface area contributed by atoms with Crippen LogP contribution in [-0.2, 0) is 16.1 Å². The van der Waals surface area contributed by atoms with Crippen molar-refractivity contribution in [2.75, 3.05) is 18.5 Å². The molecule has 2 amide bonds. The third kappa shape index (κ3) is 7.38. The highest BCUT2D eigenvalue weighted by molar-refractivity contribution is 6.30. The van der Waals surface area contributed by atoms with E-state index in [1.54, 1.807) is 42.5 Å². The Labute approximate surface area is 241 Å². The lowest BCUT2D eigenvalue weighted by atomic mass is 10.1. The van der Waals surface area contributed by atoms with Gasteiger partial charge >= 0.3 is 0 Å². The van der Waals surface area contributed by atoms with Gasteiger partial charge < -0.3 is 15.0 Å². The maximum atomic E-state index is 13.6. The molecule has 7 nitrogen and oxygen atoms in total. The second kappa shape index (κ2) is 12.9. The zero-order chi connectivity index (χ0) is 28.6. The van der Waals surface area contributed by atoms with Crippen molar-refractivity contribution in [2.45, 2.75) is 6.54 Å². The van der Waals surface area contributed by atoms with E-state index in [1.807, 2.05) is 60.7 Å². The number of rotatable bonds is 10. The quantitative estimate of drug-likeness (QED) is 0.212. The lowest BCUT2D eigenvalue weighted by Gasteiger charge is -2.22. The fourth-order valence-electron chi connectivity index (χ4n) is 4.16. The van der Waals surface area contributed by atoms with E-state index in [-0.39, 0.29) is 31.4 Å². The average Bonchev–Trinajstić information content (AvgIpc) is 3.41. The minimum Gasteiger partial charge on any atom is -0.484 e. The molecule has 0 saturated heterocycles. The van der Waals surface area contributed by atoms with Crippen molar-refractivity contribution in [3.05, 3.63) is 132 Å². The number of hydrogen-bond donors (Lipinski definition) is 1. The van der Waals surface area contributed by atoms with Gasteiger partial charge in [0.25, 0.3) is 5.91 Å². The number of amides is 2. The first-order valence-corrected chi connectivity index (χ1v) is 13.2. The van der Waals surface area contributed by atoms with Gasteiger partial charge in [0.05, 0.1) is 11.4 Å². The van der Waals surface area contributed by atoms with Crippen LogP contribution < -0.4 is 10.1 Å². The molecule has 0 atom stereocenters. The molecule has 0 fully saturated rings. The molecule has 0 aliphatic carbocycles. The van der Waals surface area contributed by atoms with Gasteiger partial charge in [-0.05, 0) is 54.1 Å². The SMILES string of the molecule is O=C(CN(Cc1ccccc1)C(=O)COc1ccc(Cl)cc1)Nc1cc(-c2ccccc2)nn1-c1ccc(F)cc1. The molecule has 0 unspecified atom stereocenters. The molecule has 0 radical (unpaired) electrons. The summed E-state index contributed by atoms with van der Waals surface area (Å²) in [6.07, 6.45) is 0. The Bertz CT molecular complexity index is 1610. The second-order valence-electron chi connectivity index (χ2n) is 9.20. The minimum atomic E-state index is -0.427. The number of hydrogen-bond acceptors (Lipinski definition) is 4. The first-order chi connectivity index (χ1) is 19.9. The third-order valence-corrected chi connectivity index (χ3v) is 6.45. The van der Waals surface area contributed by atoms with Crippen molar-refractivity contribution < 1.29 is 18.7 Å². The van der Waals surface area contributed by atoms with Gasteiger partial charge in [-0.2, -0.15) is 5.10 Å². The number of anilines is 1. The second-order valence-corrected chi connectivity index (χ2v) is 9.63. The van der Waals surface area contributed by atoms with Crippen molar-refractivity contribution in [1.29, 1.82) is 0 Å². The van der Waals surface area contributed by atoms with Crippen LogP contribution in [0.25, 0.3) is 16.9 Å². The zero-order valence-electron chi connectivity index (χ0n) is 21.9. The van der Waals surface area contributed by atoms with E-state index in [0.29, 0.717) is 28.0 Å². The molecule has 4 aromatic carbocycles. The maximum absolute atomic E-state index is 13.6. The first-order valence-electron chi connectivity index (χ1n) is 12.9. The number of benzene rings is 4. The van der Waals surface area contributed by atoms with E-state index in [2.05, 4.69) is 10.4 Å². The molecule has 0 spiro atoms. The van der Waals surface area contributed by atoms with Crippen LogP contribution in [0.2, 0.25) is 5.02 Å². The molecule has 1 heterocycles. The third-order valence-electron chi connectivity index (χ3n) is 6.20. The van der Waals surface area contributed by atoms with Crippen molar-refractivity contribution in [3.8, 4) is 22.7 Å². The largest absolute Gasteiger partial charge is 0.484 e. The molecule has 5 aromatic rings. The van der Waals surface area contributed by atoms with E-state index in [1.165, 1.54) is 21.7 Å². The Hall–Kier alpha value is -4.95. The molecule has 0 saturated carbocycles. The Morgan fingerprint density at radius 1 is 0.878 bits per heavy atom. The van der Waals surface area contributed by atoms with Crippen LogP contribution in [0.3, 0.4) is 0 Å². The molecular formula is C32H26ClFN4O3. The molecule has 0 aliphatic heterocycles. The molecular weight excluding hydrogens is 543 g/mol. The Kier molecular flexibility index (Phi) is 8.71. The first kappa shape index (κ1) is 27.6. The topological polar surface area (TPSA) is 76.5 Å². The van der Waals surface area contributed by atoms with Gasteiger partial charge in [-0.3, -0.25) is 9.59 Å². The summed E-state index contributed by atoms with van der Waals surface area (Å²) >= 11 is 5.93. The number of carbonyl (C=O) groups excluding carboxylic acids is 2. The zero-order valence-corrected chi connectivity index (χ0v) is 22.7. The summed E-state index contributed by atoms with van der Waals surface area (Å²) in [6, 6.07) is 33.1. The van der Waals surface area contributed by atoms with E-state index in [9.17, 15) is 14.0 Å². The summed E-state index contributed by atoms with van der Waals surface area (Å²) in [6.45, 7) is -0.274. The number of carbonyl (C=O) groups is 2. The van der Waals surface area contributed by atoms with E-state index >= 15 is 0 Å². The maximum Gasteiger partial charge on any atom is 0.261 e. The van der Waals surface area contributed by atoms with Crippen LogP contribution in [0, 0.1) is 5.82 Å². The lowest BCUT2D eigenvalue weighted by Crippen LogP contribution is -2.40. The molecule has 1 aromatic heterocycles. The highest BCUT2D eigenvalue weighted by Gasteiger charge is 2.21. The summed E-state index contributed by atoms with van der Waals surface area (Å²) < 4.78 is 20.8. The highest BCUT2D eigenvalue weighted by atomic mass is 35.5. The number of ether oxygens (including phenoxy) is 1. The summed E-state index contributed by atoms with van der Waals surface area (Å²) in [5.41, 5.74) is 2.91. The summed E-state index contributed by atoms with van der Waals surface area (Å²) in [7, 11) is 0. The lowest BCUT2D eigenvalue weighted by molar-refractivity contribution is -0.137. The van der Waals surface area contributed by atoms with E-state index in [4.69, 9.17) is 16.3 Å². The van der Waals surface area contributed by atoms with E-state index in [0.717, 1.165) is 11.1 Å². The summed E-state index contributed by atoms with van der Waals surface area (Å²) in [5.74, 6) is -0.307. The fraction of sp³-hybridized carbons (Fsp3) is 0.0938. The van der Waals surface area contributed by atoms with Crippen LogP contribution in [0.5, 0.6) is 5.75 Å². The summed E-state index contributed by atoms with van der Waals surface area (Å²) in [5, 5.41) is 8.09. The molecule has 0 bridgehead atoms. The highest BCUT2D eigenvalue weighted by Crippen LogP contribution is 2.25. The average molecular weight is 569 g/mol. The van der Waals surface area contributed by atoms with Crippen LogP contribution in [-0.4, -0.2) is 39.6 Å². The van der Waals surface area contributed by atoms with Gasteiger partial charge in [-0.15, -0.1) is 0 Å². The van der Waals surface area contributed by atoms with Gasteiger partial charge in [0.15, 0.2) is 6.61 Å². The number of nitrogens with one attached hydrogen (secondary N) is 1. The predicted molar refractivity (Wildman–Crippen MR) is 156 cm³/mol. The smallest absolute Gasteiger partial charge is 0.261 e. The van der Waals surface area contributed by atoms with Crippen LogP contribution in [0.15, 0.2) is 115 Å². The Balaban J connectivity index is 1.36. The Morgan fingerprint density at radius 3 is 2.22 bits per heavy atom. The molecule has 0 aliphatic rings. The predicted octanol–water partition coefficient (Wildman–Crippen LogP) is 6.38. The standard InChI is InChI=1S/C32H26ClFN4O3/c33-25-11-17-28(18-12-25)41-22-32(40)37(20-23-7-3-1-4-8-23)21-31(39)35-30-19-29(24-9-5-2-6-10-24)36-38(30)27-15-13-26(34)14-16-27/h1-19H,20-22H2,(H,35,39). The monoisotopic (exact) mass is 568 g/mol. The van der Waals surface area contributed by atoms with Crippen molar-refractivity contribution >= 4 is 29.2 Å². The number of aromatic nitrogens is 2. The van der Waals surface area contributed by atoms with Gasteiger partial charge in [0.1, 0.15) is 23.9 Å². The fourth-order valence-corrected chi connectivity index (χ4v) is 4.28. The number of nitrogens with zero attached hydrogens (tertiary/aromatic N) is 3. The molecule has 5 rings (SSSR count). The molecule has 9 heteroatoms. The molecule has 1 N–H and O–H groups in total. The van der Waals surface area contributed by atoms with Gasteiger partial charge in [-0.25, -0.2) is 9.07 Å². The van der Waals surface area contributed by atoms with Crippen molar-refractivity contribution in [3.63, 3.8) is 0 Å². The van der Waals surface area contributed by atoms with Gasteiger partial charge in [0, 0.05) is 23.2 Å². The van der Waals surface area contributed by atoms with Crippen molar-refractivity contribution in [1.82, 2.24) is 14.7 Å². The van der Waals surface area contributed by atoms with Crippen LogP contribution in [0.1, 0.15) is 5.56 Å². The van der Waals surface area contributed by atoms with Crippen LogP contribution in [0.4, 0.5) is 10.2 Å². The molecule has 41 heavy (non-hydrogen) atoms. The molecule has 206 valence electrons. The van der Waals surface area contributed by atoms with E-state index < -0.39 is 5.91 Å². The number of halogens is 2. The summed E-state index contributed by atoms with van der Waals surface area (Å²) in [4.78, 5) is 28.0. The van der Waals surface area contributed by atoms with Gasteiger partial charge in [0.2, 0.25) is 5.91 Å². The minimum absolute atomic E-state index is 0.212.